The molecule has 0 saturated carbocycles. The number of para-hydroxylation sites is 1. The van der Waals surface area contributed by atoms with Crippen LogP contribution in [0.15, 0.2) is 29.3 Å². The minimum atomic E-state index is -1.30. The van der Waals surface area contributed by atoms with Crippen LogP contribution < -0.4 is 0 Å². The fourth-order valence-corrected chi connectivity index (χ4v) is 2.81. The Bertz CT molecular complexity index is 450. The van der Waals surface area contributed by atoms with Gasteiger partial charge in [-0.05, 0) is 13.0 Å². The van der Waals surface area contributed by atoms with Gasteiger partial charge in [0.15, 0.2) is 0 Å². The SMILES string of the molecule is CC1=Nc2ccccc2C1=[C][Si](C)(C)C. The third-order valence-electron chi connectivity index (χ3n) is 2.32. The van der Waals surface area contributed by atoms with E-state index in [2.05, 4.69) is 55.5 Å². The minimum Gasteiger partial charge on any atom is -0.252 e. The maximum Gasteiger partial charge on any atom is 0.0783 e. The number of aliphatic imine (C=N–C) groups is 1. The van der Waals surface area contributed by atoms with Crippen molar-refractivity contribution in [3.8, 4) is 0 Å². The van der Waals surface area contributed by atoms with Gasteiger partial charge in [0.05, 0.1) is 13.8 Å². The van der Waals surface area contributed by atoms with Crippen molar-refractivity contribution < 1.29 is 0 Å². The molecule has 0 bridgehead atoms. The number of hydrogen-bond acceptors (Lipinski definition) is 1. The molecule has 0 saturated heterocycles. The largest absolute Gasteiger partial charge is 0.252 e. The van der Waals surface area contributed by atoms with Crippen LogP contribution in [0, 0.1) is 5.70 Å². The summed E-state index contributed by atoms with van der Waals surface area (Å²) in [6.45, 7) is 8.97. The van der Waals surface area contributed by atoms with Crippen LogP contribution in [0.1, 0.15) is 12.5 Å². The van der Waals surface area contributed by atoms with Crippen LogP contribution in [-0.4, -0.2) is 13.8 Å². The van der Waals surface area contributed by atoms with Gasteiger partial charge in [-0.3, -0.25) is 4.99 Å². The van der Waals surface area contributed by atoms with Gasteiger partial charge in [-0.25, -0.2) is 0 Å². The highest BCUT2D eigenvalue weighted by atomic mass is 28.3. The molecule has 0 N–H and O–H groups in total. The Kier molecular flexibility index (Phi) is 2.39. The van der Waals surface area contributed by atoms with Gasteiger partial charge in [0.1, 0.15) is 0 Å². The maximum atomic E-state index is 4.56. The second-order valence-corrected chi connectivity index (χ2v) is 9.71. The fraction of sp³-hybridized carbons (Fsp3) is 0.308. The van der Waals surface area contributed by atoms with E-state index in [-0.39, 0.29) is 0 Å². The summed E-state index contributed by atoms with van der Waals surface area (Å²) in [7, 11) is -1.30. The van der Waals surface area contributed by atoms with Crippen LogP contribution in [0.3, 0.4) is 0 Å². The minimum absolute atomic E-state index is 1.09. The molecule has 1 aromatic rings. The Hall–Kier alpha value is -1.15. The lowest BCUT2D eigenvalue weighted by Gasteiger charge is -2.11. The summed E-state index contributed by atoms with van der Waals surface area (Å²) in [6.07, 6.45) is 0. The molecule has 1 heterocycles. The lowest BCUT2D eigenvalue weighted by atomic mass is 10.1. The van der Waals surface area contributed by atoms with Crippen molar-refractivity contribution >= 4 is 25.0 Å². The fourth-order valence-electron chi connectivity index (χ4n) is 1.75. The summed E-state index contributed by atoms with van der Waals surface area (Å²) in [5.41, 5.74) is 8.33. The molecule has 1 aromatic carbocycles. The molecular weight excluding hydrogens is 198 g/mol. The molecule has 0 atom stereocenters. The number of fused-ring (bicyclic) bond motifs is 1. The number of allylic oxidation sites excluding steroid dienone is 1. The van der Waals surface area contributed by atoms with Gasteiger partial charge in [-0.2, -0.15) is 0 Å². The Morgan fingerprint density at radius 3 is 2.47 bits per heavy atom. The number of rotatable bonds is 1. The van der Waals surface area contributed by atoms with Gasteiger partial charge >= 0.3 is 0 Å². The zero-order chi connectivity index (χ0) is 11.1. The average Bonchev–Trinajstić information content (AvgIpc) is 2.41. The van der Waals surface area contributed by atoms with Crippen molar-refractivity contribution in [2.45, 2.75) is 26.6 Å². The standard InChI is InChI=1S/C13H16NSi/c1-10-12(9-15(2,3)4)11-7-5-6-8-13(11)14-10/h5-8H,1-4H3. The van der Waals surface area contributed by atoms with Gasteiger partial charge in [-0.15, -0.1) is 0 Å². The first-order chi connectivity index (χ1) is 6.97. The van der Waals surface area contributed by atoms with Crippen molar-refractivity contribution in [2.75, 3.05) is 0 Å². The average molecular weight is 214 g/mol. The lowest BCUT2D eigenvalue weighted by Crippen LogP contribution is -2.18. The normalized spacial score (nSPS) is 17.9. The molecule has 15 heavy (non-hydrogen) atoms. The summed E-state index contributed by atoms with van der Waals surface area (Å²) in [5, 5.41) is 0. The van der Waals surface area contributed by atoms with Crippen molar-refractivity contribution in [1.29, 1.82) is 0 Å². The second kappa shape index (κ2) is 3.45. The molecular formula is C13H16NSi. The number of hydrogen-bond donors (Lipinski definition) is 0. The lowest BCUT2D eigenvalue weighted by molar-refractivity contribution is 1.54. The van der Waals surface area contributed by atoms with E-state index in [1.54, 1.807) is 0 Å². The molecule has 1 nitrogen and oxygen atoms in total. The molecule has 2 heteroatoms. The summed E-state index contributed by atoms with van der Waals surface area (Å²) in [6, 6.07) is 8.31. The molecule has 1 radical (unpaired) electrons. The third-order valence-corrected chi connectivity index (χ3v) is 3.32. The van der Waals surface area contributed by atoms with E-state index in [0.717, 1.165) is 11.4 Å². The molecule has 0 unspecified atom stereocenters. The highest BCUT2D eigenvalue weighted by Gasteiger charge is 2.20. The van der Waals surface area contributed by atoms with Crippen LogP contribution in [0.5, 0.6) is 0 Å². The molecule has 2 rings (SSSR count). The number of benzene rings is 1. The van der Waals surface area contributed by atoms with E-state index in [0.29, 0.717) is 0 Å². The van der Waals surface area contributed by atoms with Gasteiger partial charge < -0.3 is 0 Å². The molecule has 0 fully saturated rings. The van der Waals surface area contributed by atoms with E-state index in [1.807, 2.05) is 6.07 Å². The molecule has 1 aliphatic heterocycles. The van der Waals surface area contributed by atoms with Gasteiger partial charge in [0.2, 0.25) is 0 Å². The van der Waals surface area contributed by atoms with E-state index in [9.17, 15) is 0 Å². The summed E-state index contributed by atoms with van der Waals surface area (Å²) in [4.78, 5) is 4.56. The Labute approximate surface area is 92.6 Å². The summed E-state index contributed by atoms with van der Waals surface area (Å²) in [5.74, 6) is 0. The molecule has 0 aliphatic carbocycles. The summed E-state index contributed by atoms with van der Waals surface area (Å²) < 4.78 is 0. The van der Waals surface area contributed by atoms with Crippen molar-refractivity contribution in [2.24, 2.45) is 4.99 Å². The van der Waals surface area contributed by atoms with Gasteiger partial charge in [0.25, 0.3) is 0 Å². The molecule has 0 spiro atoms. The molecule has 1 aliphatic rings. The first kappa shape index (κ1) is 10.4. The first-order valence-electron chi connectivity index (χ1n) is 5.27. The van der Waals surface area contributed by atoms with Crippen LogP contribution in [0.25, 0.3) is 5.57 Å². The predicted octanol–water partition coefficient (Wildman–Crippen LogP) is 3.86. The second-order valence-electron chi connectivity index (χ2n) is 4.96. The highest BCUT2D eigenvalue weighted by Crippen LogP contribution is 2.34. The van der Waals surface area contributed by atoms with Crippen LogP contribution in [0.2, 0.25) is 19.6 Å². The smallest absolute Gasteiger partial charge is 0.0783 e. The highest BCUT2D eigenvalue weighted by molar-refractivity contribution is 6.80. The van der Waals surface area contributed by atoms with Gasteiger partial charge in [-0.1, -0.05) is 43.5 Å². The van der Waals surface area contributed by atoms with E-state index < -0.39 is 8.07 Å². The topological polar surface area (TPSA) is 12.4 Å². The van der Waals surface area contributed by atoms with E-state index in [4.69, 9.17) is 0 Å². The Morgan fingerprint density at radius 2 is 1.80 bits per heavy atom. The zero-order valence-corrected chi connectivity index (χ0v) is 10.8. The summed E-state index contributed by atoms with van der Waals surface area (Å²) >= 11 is 0. The van der Waals surface area contributed by atoms with Crippen molar-refractivity contribution in [3.63, 3.8) is 0 Å². The predicted molar refractivity (Wildman–Crippen MR) is 69.2 cm³/mol. The monoisotopic (exact) mass is 214 g/mol. The van der Waals surface area contributed by atoms with Gasteiger partial charge in [0, 0.05) is 16.8 Å². The van der Waals surface area contributed by atoms with Crippen molar-refractivity contribution in [1.82, 2.24) is 0 Å². The molecule has 0 amide bonds. The first-order valence-corrected chi connectivity index (χ1v) is 8.77. The van der Waals surface area contributed by atoms with Crippen LogP contribution in [0.4, 0.5) is 5.69 Å². The van der Waals surface area contributed by atoms with Crippen molar-refractivity contribution in [3.05, 3.63) is 35.5 Å². The number of nitrogens with zero attached hydrogens (tertiary/aromatic N) is 1. The van der Waals surface area contributed by atoms with Crippen LogP contribution >= 0.6 is 0 Å². The Morgan fingerprint density at radius 1 is 1.13 bits per heavy atom. The zero-order valence-electron chi connectivity index (χ0n) is 9.76. The van der Waals surface area contributed by atoms with E-state index >= 15 is 0 Å². The quantitative estimate of drug-likeness (QED) is 0.630. The Balaban J connectivity index is 2.53. The van der Waals surface area contributed by atoms with Crippen LogP contribution in [-0.2, 0) is 0 Å². The third kappa shape index (κ3) is 2.10. The maximum absolute atomic E-state index is 4.56. The molecule has 77 valence electrons. The van der Waals surface area contributed by atoms with E-state index in [1.165, 1.54) is 11.1 Å². The molecule has 0 aromatic heterocycles.